The van der Waals surface area contributed by atoms with Crippen LogP contribution in [0.25, 0.3) is 11.3 Å². The van der Waals surface area contributed by atoms with Crippen molar-refractivity contribution in [1.29, 1.82) is 0 Å². The second kappa shape index (κ2) is 13.1. The third-order valence-electron chi connectivity index (χ3n) is 7.30. The maximum absolute atomic E-state index is 9.83. The molecule has 3 N–H and O–H groups in total. The topological polar surface area (TPSA) is 89.4 Å². The monoisotopic (exact) mass is 481 g/mol. The van der Waals surface area contributed by atoms with Gasteiger partial charge in [-0.2, -0.15) is 4.98 Å². The Hall–Kier alpha value is -2.29. The number of aliphatic hydroxyl groups is 1. The van der Waals surface area contributed by atoms with Gasteiger partial charge in [-0.05, 0) is 76.2 Å². The van der Waals surface area contributed by atoms with E-state index in [4.69, 9.17) is 9.97 Å². The first kappa shape index (κ1) is 25.8. The van der Waals surface area contributed by atoms with Crippen LogP contribution in [-0.2, 0) is 6.54 Å². The second-order valence-electron chi connectivity index (χ2n) is 10.3. The van der Waals surface area contributed by atoms with Gasteiger partial charge in [-0.15, -0.1) is 0 Å². The highest BCUT2D eigenvalue weighted by molar-refractivity contribution is 5.72. The minimum Gasteiger partial charge on any atom is -0.393 e. The lowest BCUT2D eigenvalue weighted by Gasteiger charge is -2.26. The number of nitrogens with one attached hydrogen (secondary N) is 2. The van der Waals surface area contributed by atoms with Crippen molar-refractivity contribution in [3.63, 3.8) is 0 Å². The van der Waals surface area contributed by atoms with Crippen LogP contribution in [0.3, 0.4) is 0 Å². The highest BCUT2D eigenvalue weighted by atomic mass is 16.3. The summed E-state index contributed by atoms with van der Waals surface area (Å²) in [4.78, 5) is 19.1. The number of hydrogen-bond acceptors (Lipinski definition) is 8. The van der Waals surface area contributed by atoms with E-state index in [-0.39, 0.29) is 6.10 Å². The summed E-state index contributed by atoms with van der Waals surface area (Å²) in [7, 11) is 2.20. The zero-order valence-electron chi connectivity index (χ0n) is 21.5. The zero-order chi connectivity index (χ0) is 24.5. The number of nitrogens with zero attached hydrogens (tertiary/aromatic N) is 5. The largest absolute Gasteiger partial charge is 0.393 e. The molecule has 0 atom stereocenters. The molecule has 0 unspecified atom stereocenters. The Balaban J connectivity index is 1.45. The third kappa shape index (κ3) is 7.85. The van der Waals surface area contributed by atoms with Gasteiger partial charge in [0.05, 0.1) is 17.4 Å². The van der Waals surface area contributed by atoms with E-state index in [1.165, 1.54) is 18.5 Å². The van der Waals surface area contributed by atoms with Crippen LogP contribution < -0.4 is 10.6 Å². The van der Waals surface area contributed by atoms with Gasteiger partial charge in [0, 0.05) is 45.1 Å². The van der Waals surface area contributed by atoms with Crippen molar-refractivity contribution in [3.05, 3.63) is 30.1 Å². The van der Waals surface area contributed by atoms with E-state index in [1.807, 2.05) is 12.4 Å². The fraction of sp³-hybridized carbons (Fsp3) is 0.667. The summed E-state index contributed by atoms with van der Waals surface area (Å²) < 4.78 is 0. The van der Waals surface area contributed by atoms with E-state index in [2.05, 4.69) is 51.5 Å². The quantitative estimate of drug-likeness (QED) is 0.441. The molecule has 4 rings (SSSR count). The summed E-state index contributed by atoms with van der Waals surface area (Å²) in [5.41, 5.74) is 3.07. The SMILES string of the molecule is CCCCNc1ncc(-c2ccc(CN3CCCN(C)CC3)cn2)c(NCC2CCC(O)CC2)n1. The molecule has 1 saturated heterocycles. The number of hydrogen-bond donors (Lipinski definition) is 3. The number of pyridine rings is 1. The van der Waals surface area contributed by atoms with Crippen LogP contribution in [0, 0.1) is 5.92 Å². The Morgan fingerprint density at radius 1 is 1.00 bits per heavy atom. The molecule has 8 nitrogen and oxygen atoms in total. The van der Waals surface area contributed by atoms with Crippen LogP contribution in [0.5, 0.6) is 0 Å². The van der Waals surface area contributed by atoms with Crippen molar-refractivity contribution in [2.45, 2.75) is 64.5 Å². The van der Waals surface area contributed by atoms with Crippen LogP contribution in [-0.4, -0.2) is 82.3 Å². The summed E-state index contributed by atoms with van der Waals surface area (Å²) >= 11 is 0. The molecule has 0 aromatic carbocycles. The molecule has 0 amide bonds. The van der Waals surface area contributed by atoms with Crippen LogP contribution in [0.2, 0.25) is 0 Å². The lowest BCUT2D eigenvalue weighted by atomic mass is 9.87. The van der Waals surface area contributed by atoms with Crippen molar-refractivity contribution < 1.29 is 5.11 Å². The zero-order valence-corrected chi connectivity index (χ0v) is 21.5. The van der Waals surface area contributed by atoms with Gasteiger partial charge in [-0.25, -0.2) is 4.98 Å². The van der Waals surface area contributed by atoms with Gasteiger partial charge in [0.15, 0.2) is 0 Å². The average molecular weight is 482 g/mol. The van der Waals surface area contributed by atoms with E-state index in [9.17, 15) is 5.11 Å². The molecule has 2 fully saturated rings. The normalized spacial score (nSPS) is 22.0. The molecule has 1 saturated carbocycles. The fourth-order valence-corrected chi connectivity index (χ4v) is 4.95. The Morgan fingerprint density at radius 3 is 2.63 bits per heavy atom. The molecule has 0 radical (unpaired) electrons. The minimum atomic E-state index is -0.131. The maximum Gasteiger partial charge on any atom is 0.224 e. The first-order chi connectivity index (χ1) is 17.1. The molecule has 3 heterocycles. The molecule has 192 valence electrons. The number of unbranched alkanes of at least 4 members (excludes halogenated alkanes) is 1. The highest BCUT2D eigenvalue weighted by Gasteiger charge is 2.20. The van der Waals surface area contributed by atoms with Crippen molar-refractivity contribution >= 4 is 11.8 Å². The van der Waals surface area contributed by atoms with Gasteiger partial charge < -0.3 is 20.6 Å². The van der Waals surface area contributed by atoms with E-state index in [1.54, 1.807) is 0 Å². The van der Waals surface area contributed by atoms with Crippen LogP contribution in [0.1, 0.15) is 57.4 Å². The lowest BCUT2D eigenvalue weighted by molar-refractivity contribution is 0.111. The second-order valence-corrected chi connectivity index (χ2v) is 10.3. The van der Waals surface area contributed by atoms with E-state index >= 15 is 0 Å². The highest BCUT2D eigenvalue weighted by Crippen LogP contribution is 2.28. The Bertz CT molecular complexity index is 899. The number of aromatic nitrogens is 3. The fourth-order valence-electron chi connectivity index (χ4n) is 4.95. The summed E-state index contributed by atoms with van der Waals surface area (Å²) in [6.07, 6.45) is 11.1. The van der Waals surface area contributed by atoms with E-state index in [0.717, 1.165) is 94.9 Å². The lowest BCUT2D eigenvalue weighted by Crippen LogP contribution is -2.28. The van der Waals surface area contributed by atoms with Crippen molar-refractivity contribution in [1.82, 2.24) is 24.8 Å². The van der Waals surface area contributed by atoms with Crippen molar-refractivity contribution in [2.24, 2.45) is 5.92 Å². The molecule has 1 aliphatic carbocycles. The number of rotatable bonds is 10. The molecule has 35 heavy (non-hydrogen) atoms. The van der Waals surface area contributed by atoms with Crippen molar-refractivity contribution in [2.75, 3.05) is 56.9 Å². The first-order valence-corrected chi connectivity index (χ1v) is 13.5. The molecular formula is C27H43N7O. The predicted molar refractivity (Wildman–Crippen MR) is 143 cm³/mol. The number of anilines is 2. The van der Waals surface area contributed by atoms with E-state index < -0.39 is 0 Å². The molecule has 0 bridgehead atoms. The molecule has 2 aliphatic rings. The molecule has 0 spiro atoms. The van der Waals surface area contributed by atoms with Gasteiger partial charge in [0.1, 0.15) is 5.82 Å². The third-order valence-corrected chi connectivity index (χ3v) is 7.30. The van der Waals surface area contributed by atoms with Crippen molar-refractivity contribution in [3.8, 4) is 11.3 Å². The molecule has 8 heteroatoms. The van der Waals surface area contributed by atoms with Crippen LogP contribution >= 0.6 is 0 Å². The van der Waals surface area contributed by atoms with Gasteiger partial charge in [-0.3, -0.25) is 9.88 Å². The van der Waals surface area contributed by atoms with Crippen LogP contribution in [0.4, 0.5) is 11.8 Å². The number of likely N-dealkylation sites (N-methyl/N-ethyl adjacent to an activating group) is 1. The van der Waals surface area contributed by atoms with Gasteiger partial charge in [0.2, 0.25) is 5.95 Å². The summed E-state index contributed by atoms with van der Waals surface area (Å²) in [6.45, 7) is 9.38. The Labute approximate surface area is 210 Å². The first-order valence-electron chi connectivity index (χ1n) is 13.5. The van der Waals surface area contributed by atoms with Gasteiger partial charge in [-0.1, -0.05) is 19.4 Å². The molecule has 1 aliphatic heterocycles. The van der Waals surface area contributed by atoms with Gasteiger partial charge in [0.25, 0.3) is 0 Å². The Morgan fingerprint density at radius 2 is 1.86 bits per heavy atom. The smallest absolute Gasteiger partial charge is 0.224 e. The summed E-state index contributed by atoms with van der Waals surface area (Å²) in [5.74, 6) is 2.05. The molecular weight excluding hydrogens is 438 g/mol. The minimum absolute atomic E-state index is 0.131. The standard InChI is InChI=1S/C27H43N7O/c1-3-4-12-28-27-31-19-24(26(32-27)30-17-21-6-9-23(35)10-7-21)25-11-8-22(18-29-25)20-34-14-5-13-33(2)15-16-34/h8,11,18-19,21,23,35H,3-7,9-10,12-17,20H2,1-2H3,(H2,28,30,31,32). The molecule has 2 aromatic rings. The molecule has 2 aromatic heterocycles. The Kier molecular flexibility index (Phi) is 9.68. The maximum atomic E-state index is 9.83. The van der Waals surface area contributed by atoms with E-state index in [0.29, 0.717) is 11.9 Å². The van der Waals surface area contributed by atoms with Crippen LogP contribution in [0.15, 0.2) is 24.5 Å². The number of aliphatic hydroxyl groups excluding tert-OH is 1. The average Bonchev–Trinajstić information content (AvgIpc) is 3.08. The predicted octanol–water partition coefficient (Wildman–Crippen LogP) is 3.85. The summed E-state index contributed by atoms with van der Waals surface area (Å²) in [5, 5.41) is 16.8. The van der Waals surface area contributed by atoms with Gasteiger partial charge >= 0.3 is 0 Å². The summed E-state index contributed by atoms with van der Waals surface area (Å²) in [6, 6.07) is 4.29.